The lowest BCUT2D eigenvalue weighted by atomic mass is 10.2. The van der Waals surface area contributed by atoms with Gasteiger partial charge in [0, 0.05) is 14.5 Å². The van der Waals surface area contributed by atoms with Crippen LogP contribution in [0.5, 0.6) is 5.75 Å². The van der Waals surface area contributed by atoms with Crippen molar-refractivity contribution < 1.29 is 9.53 Å². The highest BCUT2D eigenvalue weighted by atomic mass is 79.9. The number of benzene rings is 2. The molecule has 0 fully saturated rings. The van der Waals surface area contributed by atoms with Crippen LogP contribution in [0, 0.1) is 0 Å². The third-order valence-corrected chi connectivity index (χ3v) is 3.94. The number of carbonyl (C=O) groups is 1. The van der Waals surface area contributed by atoms with Gasteiger partial charge < -0.3 is 4.74 Å². The van der Waals surface area contributed by atoms with Gasteiger partial charge in [-0.05, 0) is 68.3 Å². The zero-order valence-electron chi connectivity index (χ0n) is 10.6. The lowest BCUT2D eigenvalue weighted by Gasteiger charge is -2.12. The minimum absolute atomic E-state index is 0.227. The van der Waals surface area contributed by atoms with Gasteiger partial charge in [-0.2, -0.15) is 0 Å². The van der Waals surface area contributed by atoms with E-state index < -0.39 is 0 Å². The first-order chi connectivity index (χ1) is 9.61. The van der Waals surface area contributed by atoms with E-state index in [4.69, 9.17) is 4.74 Å². The van der Waals surface area contributed by atoms with E-state index in [1.54, 1.807) is 31.4 Å². The molecule has 1 amide bonds. The Kier molecular flexibility index (Phi) is 5.03. The number of amides is 1. The standard InChI is InChI=1S/C14H12Br2N2O2/c1-20-10-7-5-9(6-8-10)14(19)18-17-13-11(15)3-2-4-12(13)16/h2-8,17H,1H3,(H,18,19). The van der Waals surface area contributed by atoms with E-state index in [0.717, 1.165) is 14.6 Å². The number of rotatable bonds is 4. The number of anilines is 1. The monoisotopic (exact) mass is 398 g/mol. The summed E-state index contributed by atoms with van der Waals surface area (Å²) in [6.07, 6.45) is 0. The normalized spacial score (nSPS) is 9.95. The van der Waals surface area contributed by atoms with E-state index in [1.807, 2.05) is 18.2 Å². The van der Waals surface area contributed by atoms with Gasteiger partial charge in [0.05, 0.1) is 12.8 Å². The second-order valence-corrected chi connectivity index (χ2v) is 5.61. The second-order valence-electron chi connectivity index (χ2n) is 3.90. The average Bonchev–Trinajstić information content (AvgIpc) is 2.46. The predicted octanol–water partition coefficient (Wildman–Crippen LogP) is 3.98. The SMILES string of the molecule is COc1ccc(C(=O)NNc2c(Br)cccc2Br)cc1. The molecule has 0 unspecified atom stereocenters. The molecule has 0 saturated carbocycles. The molecule has 2 N–H and O–H groups in total. The Morgan fingerprint density at radius 1 is 1.05 bits per heavy atom. The van der Waals surface area contributed by atoms with Crippen molar-refractivity contribution in [2.75, 3.05) is 12.5 Å². The van der Waals surface area contributed by atoms with Crippen LogP contribution >= 0.6 is 31.9 Å². The van der Waals surface area contributed by atoms with Gasteiger partial charge in [-0.25, -0.2) is 0 Å². The van der Waals surface area contributed by atoms with Crippen LogP contribution in [0.15, 0.2) is 51.4 Å². The molecule has 0 spiro atoms. The Labute approximate surface area is 133 Å². The Hall–Kier alpha value is -1.53. The third kappa shape index (κ3) is 3.52. The highest BCUT2D eigenvalue weighted by Crippen LogP contribution is 2.29. The molecule has 0 atom stereocenters. The van der Waals surface area contributed by atoms with E-state index >= 15 is 0 Å². The lowest BCUT2D eigenvalue weighted by Crippen LogP contribution is -2.29. The molecular formula is C14H12Br2N2O2. The zero-order chi connectivity index (χ0) is 14.5. The van der Waals surface area contributed by atoms with Gasteiger partial charge in [-0.3, -0.25) is 15.6 Å². The molecule has 104 valence electrons. The van der Waals surface area contributed by atoms with Crippen LogP contribution in [0.3, 0.4) is 0 Å². The molecular weight excluding hydrogens is 388 g/mol. The number of nitrogens with one attached hydrogen (secondary N) is 2. The summed E-state index contributed by atoms with van der Waals surface area (Å²) in [6.45, 7) is 0. The van der Waals surface area contributed by atoms with Crippen molar-refractivity contribution in [2.24, 2.45) is 0 Å². The summed E-state index contributed by atoms with van der Waals surface area (Å²) in [5, 5.41) is 0. The Balaban J connectivity index is 2.04. The van der Waals surface area contributed by atoms with Crippen molar-refractivity contribution in [3.63, 3.8) is 0 Å². The second kappa shape index (κ2) is 6.76. The minimum atomic E-state index is -0.227. The summed E-state index contributed by atoms with van der Waals surface area (Å²) in [5.74, 6) is 0.485. The number of para-hydroxylation sites is 1. The number of hydrogen-bond donors (Lipinski definition) is 2. The molecule has 2 aromatic rings. The molecule has 0 aliphatic heterocycles. The highest BCUT2D eigenvalue weighted by molar-refractivity contribution is 9.11. The topological polar surface area (TPSA) is 50.4 Å². The van der Waals surface area contributed by atoms with Crippen molar-refractivity contribution in [1.29, 1.82) is 0 Å². The van der Waals surface area contributed by atoms with Gasteiger partial charge in [-0.15, -0.1) is 0 Å². The van der Waals surface area contributed by atoms with Gasteiger partial charge in [0.15, 0.2) is 0 Å². The number of halogens is 2. The molecule has 0 aliphatic rings. The smallest absolute Gasteiger partial charge is 0.269 e. The lowest BCUT2D eigenvalue weighted by molar-refractivity contribution is 0.0962. The molecule has 6 heteroatoms. The fourth-order valence-electron chi connectivity index (χ4n) is 1.55. The largest absolute Gasteiger partial charge is 0.497 e. The van der Waals surface area contributed by atoms with E-state index in [1.165, 1.54) is 0 Å². The maximum atomic E-state index is 12.0. The molecule has 2 rings (SSSR count). The maximum absolute atomic E-state index is 12.0. The van der Waals surface area contributed by atoms with Crippen molar-refractivity contribution in [1.82, 2.24) is 5.43 Å². The van der Waals surface area contributed by atoms with E-state index in [-0.39, 0.29) is 5.91 Å². The Bertz CT molecular complexity index is 595. The van der Waals surface area contributed by atoms with Gasteiger partial charge in [-0.1, -0.05) is 6.07 Å². The van der Waals surface area contributed by atoms with Gasteiger partial charge in [0.1, 0.15) is 5.75 Å². The fourth-order valence-corrected chi connectivity index (χ4v) is 2.75. The van der Waals surface area contributed by atoms with E-state index in [0.29, 0.717) is 11.3 Å². The minimum Gasteiger partial charge on any atom is -0.497 e. The van der Waals surface area contributed by atoms with Crippen molar-refractivity contribution in [3.05, 3.63) is 57.0 Å². The van der Waals surface area contributed by atoms with Crippen LogP contribution in [0.25, 0.3) is 0 Å². The van der Waals surface area contributed by atoms with Crippen LogP contribution in [-0.4, -0.2) is 13.0 Å². The number of hydrogen-bond acceptors (Lipinski definition) is 3. The first-order valence-electron chi connectivity index (χ1n) is 5.76. The van der Waals surface area contributed by atoms with Crippen LogP contribution in [0.4, 0.5) is 5.69 Å². The van der Waals surface area contributed by atoms with Crippen LogP contribution in [0.1, 0.15) is 10.4 Å². The number of methoxy groups -OCH3 is 1. The molecule has 0 saturated heterocycles. The van der Waals surface area contributed by atoms with E-state index in [9.17, 15) is 4.79 Å². The Morgan fingerprint density at radius 2 is 1.65 bits per heavy atom. The van der Waals surface area contributed by atoms with Gasteiger partial charge in [0.2, 0.25) is 0 Å². The summed E-state index contributed by atoms with van der Waals surface area (Å²) in [7, 11) is 1.58. The van der Waals surface area contributed by atoms with Gasteiger partial charge >= 0.3 is 0 Å². The number of hydrazine groups is 1. The zero-order valence-corrected chi connectivity index (χ0v) is 13.8. The predicted molar refractivity (Wildman–Crippen MR) is 85.9 cm³/mol. The average molecular weight is 400 g/mol. The van der Waals surface area contributed by atoms with E-state index in [2.05, 4.69) is 42.7 Å². The molecule has 0 bridgehead atoms. The van der Waals surface area contributed by atoms with Crippen LogP contribution in [0.2, 0.25) is 0 Å². The van der Waals surface area contributed by atoms with Gasteiger partial charge in [0.25, 0.3) is 5.91 Å². The van der Waals surface area contributed by atoms with Crippen LogP contribution < -0.4 is 15.6 Å². The molecule has 2 aromatic carbocycles. The molecule has 0 heterocycles. The number of carbonyl (C=O) groups excluding carboxylic acids is 1. The maximum Gasteiger partial charge on any atom is 0.269 e. The fraction of sp³-hybridized carbons (Fsp3) is 0.0714. The van der Waals surface area contributed by atoms with Crippen molar-refractivity contribution >= 4 is 43.5 Å². The quantitative estimate of drug-likeness (QED) is 0.764. The van der Waals surface area contributed by atoms with Crippen molar-refractivity contribution in [3.8, 4) is 5.75 Å². The highest BCUT2D eigenvalue weighted by Gasteiger charge is 2.08. The molecule has 20 heavy (non-hydrogen) atoms. The van der Waals surface area contributed by atoms with Crippen molar-refractivity contribution in [2.45, 2.75) is 0 Å². The first-order valence-corrected chi connectivity index (χ1v) is 7.35. The summed E-state index contributed by atoms with van der Waals surface area (Å²) < 4.78 is 6.75. The number of ether oxygens (including phenoxy) is 1. The third-order valence-electron chi connectivity index (χ3n) is 2.62. The summed E-state index contributed by atoms with van der Waals surface area (Å²) >= 11 is 6.82. The summed E-state index contributed by atoms with van der Waals surface area (Å²) in [6, 6.07) is 12.5. The molecule has 0 aromatic heterocycles. The van der Waals surface area contributed by atoms with Crippen LogP contribution in [-0.2, 0) is 0 Å². The summed E-state index contributed by atoms with van der Waals surface area (Å²) in [5.41, 5.74) is 6.83. The summed E-state index contributed by atoms with van der Waals surface area (Å²) in [4.78, 5) is 12.0. The molecule has 4 nitrogen and oxygen atoms in total. The first kappa shape index (κ1) is 14.9. The Morgan fingerprint density at radius 3 is 2.20 bits per heavy atom. The molecule has 0 radical (unpaired) electrons. The molecule has 0 aliphatic carbocycles.